The minimum atomic E-state index is 0.418. The first-order chi connectivity index (χ1) is 8.01. The van der Waals surface area contributed by atoms with Gasteiger partial charge in [-0.2, -0.15) is 0 Å². The van der Waals surface area contributed by atoms with Crippen molar-refractivity contribution >= 4 is 28.4 Å². The Morgan fingerprint density at radius 3 is 2.29 bits per heavy atom. The predicted molar refractivity (Wildman–Crippen MR) is 81.7 cm³/mol. The van der Waals surface area contributed by atoms with Gasteiger partial charge in [-0.05, 0) is 41.9 Å². The maximum Gasteiger partial charge on any atom is 0.143 e. The van der Waals surface area contributed by atoms with E-state index in [0.29, 0.717) is 11.8 Å². The van der Waals surface area contributed by atoms with Gasteiger partial charge in [0, 0.05) is 12.5 Å². The number of hydrogen-bond acceptors (Lipinski definition) is 3. The van der Waals surface area contributed by atoms with Crippen LogP contribution in [0.3, 0.4) is 0 Å². The van der Waals surface area contributed by atoms with E-state index in [9.17, 15) is 0 Å². The molecule has 0 aliphatic carbocycles. The third-order valence-electron chi connectivity index (χ3n) is 2.84. The Labute approximate surface area is 118 Å². The molecule has 0 aliphatic rings. The number of halogens is 1. The molecule has 0 radical (unpaired) electrons. The molecule has 1 N–H and O–H groups in total. The lowest BCUT2D eigenvalue weighted by Gasteiger charge is -2.16. The summed E-state index contributed by atoms with van der Waals surface area (Å²) in [6.45, 7) is 11.7. The van der Waals surface area contributed by atoms with Crippen molar-refractivity contribution in [3.8, 4) is 0 Å². The van der Waals surface area contributed by atoms with Gasteiger partial charge < -0.3 is 5.32 Å². The number of nitrogens with one attached hydrogen (secondary N) is 1. The summed E-state index contributed by atoms with van der Waals surface area (Å²) >= 11 is 2.34. The van der Waals surface area contributed by atoms with Crippen molar-refractivity contribution in [3.05, 3.63) is 15.1 Å². The van der Waals surface area contributed by atoms with Crippen LogP contribution >= 0.6 is 22.6 Å². The summed E-state index contributed by atoms with van der Waals surface area (Å²) in [6.07, 6.45) is 1.07. The summed E-state index contributed by atoms with van der Waals surface area (Å²) in [5.41, 5.74) is 1.16. The number of rotatable bonds is 5. The lowest BCUT2D eigenvalue weighted by molar-refractivity contribution is 0.660. The maximum atomic E-state index is 4.73. The normalized spacial score (nSPS) is 12.9. The standard InChI is InChI=1S/C13H22IN3/c1-6-9(5)12-16-11(8(3)4)10(14)13(17-12)15-7-2/h8-9H,6-7H2,1-5H3,(H,15,16,17). The highest BCUT2D eigenvalue weighted by molar-refractivity contribution is 14.1. The summed E-state index contributed by atoms with van der Waals surface area (Å²) in [5, 5.41) is 3.33. The van der Waals surface area contributed by atoms with Crippen LogP contribution in [0.4, 0.5) is 5.82 Å². The van der Waals surface area contributed by atoms with Crippen molar-refractivity contribution in [2.75, 3.05) is 11.9 Å². The van der Waals surface area contributed by atoms with Crippen LogP contribution < -0.4 is 5.32 Å². The molecule has 0 spiro atoms. The Kier molecular flexibility index (Phi) is 5.62. The fourth-order valence-electron chi connectivity index (χ4n) is 1.55. The van der Waals surface area contributed by atoms with E-state index in [4.69, 9.17) is 4.98 Å². The summed E-state index contributed by atoms with van der Waals surface area (Å²) < 4.78 is 1.16. The first kappa shape index (κ1) is 14.7. The van der Waals surface area contributed by atoms with Gasteiger partial charge in [0.1, 0.15) is 11.6 Å². The van der Waals surface area contributed by atoms with E-state index in [0.717, 1.165) is 33.9 Å². The van der Waals surface area contributed by atoms with E-state index < -0.39 is 0 Å². The van der Waals surface area contributed by atoms with Gasteiger partial charge in [0.2, 0.25) is 0 Å². The van der Waals surface area contributed by atoms with Gasteiger partial charge in [-0.15, -0.1) is 0 Å². The Hall–Kier alpha value is -0.390. The number of nitrogens with zero attached hydrogens (tertiary/aromatic N) is 2. The highest BCUT2D eigenvalue weighted by Crippen LogP contribution is 2.27. The van der Waals surface area contributed by atoms with Gasteiger partial charge in [-0.1, -0.05) is 27.7 Å². The fourth-order valence-corrected chi connectivity index (χ4v) is 2.61. The van der Waals surface area contributed by atoms with Gasteiger partial charge >= 0.3 is 0 Å². The van der Waals surface area contributed by atoms with Gasteiger partial charge in [0.05, 0.1) is 9.26 Å². The molecule has 1 heterocycles. The van der Waals surface area contributed by atoms with Gasteiger partial charge in [0.25, 0.3) is 0 Å². The van der Waals surface area contributed by atoms with Crippen LogP contribution in [0.5, 0.6) is 0 Å². The Balaban J connectivity index is 3.26. The van der Waals surface area contributed by atoms with Crippen molar-refractivity contribution in [2.24, 2.45) is 0 Å². The molecule has 0 fully saturated rings. The third-order valence-corrected chi connectivity index (χ3v) is 3.90. The van der Waals surface area contributed by atoms with Crippen molar-refractivity contribution in [2.45, 2.75) is 52.9 Å². The fraction of sp³-hybridized carbons (Fsp3) is 0.692. The molecule has 1 rings (SSSR count). The summed E-state index contributed by atoms with van der Waals surface area (Å²) in [6, 6.07) is 0. The first-order valence-corrected chi connectivity index (χ1v) is 7.40. The smallest absolute Gasteiger partial charge is 0.143 e. The van der Waals surface area contributed by atoms with Crippen molar-refractivity contribution in [1.29, 1.82) is 0 Å². The van der Waals surface area contributed by atoms with Crippen molar-refractivity contribution in [1.82, 2.24) is 9.97 Å². The van der Waals surface area contributed by atoms with Crippen LogP contribution in [0.25, 0.3) is 0 Å². The van der Waals surface area contributed by atoms with Crippen LogP contribution in [-0.2, 0) is 0 Å². The van der Waals surface area contributed by atoms with Crippen LogP contribution in [0, 0.1) is 3.57 Å². The SMILES string of the molecule is CCNc1nc(C(C)CC)nc(C(C)C)c1I. The molecule has 1 aromatic heterocycles. The second-order valence-corrected chi connectivity index (χ2v) is 5.70. The zero-order valence-electron chi connectivity index (χ0n) is 11.3. The molecule has 3 nitrogen and oxygen atoms in total. The Bertz CT molecular complexity index is 377. The highest BCUT2D eigenvalue weighted by Gasteiger charge is 2.16. The molecule has 0 saturated heterocycles. The molecule has 0 aliphatic heterocycles. The van der Waals surface area contributed by atoms with Crippen LogP contribution in [-0.4, -0.2) is 16.5 Å². The summed E-state index contributed by atoms with van der Waals surface area (Å²) in [5.74, 6) is 2.81. The molecule has 1 atom stereocenters. The lowest BCUT2D eigenvalue weighted by Crippen LogP contribution is -2.12. The maximum absolute atomic E-state index is 4.73. The minimum absolute atomic E-state index is 0.418. The lowest BCUT2D eigenvalue weighted by atomic mass is 10.1. The average Bonchev–Trinajstić information content (AvgIpc) is 2.30. The molecular weight excluding hydrogens is 325 g/mol. The topological polar surface area (TPSA) is 37.8 Å². The van der Waals surface area contributed by atoms with Crippen LogP contribution in [0.15, 0.2) is 0 Å². The average molecular weight is 347 g/mol. The largest absolute Gasteiger partial charge is 0.369 e. The molecule has 0 aromatic carbocycles. The molecule has 0 bridgehead atoms. The van der Waals surface area contributed by atoms with E-state index in [1.807, 2.05) is 0 Å². The Morgan fingerprint density at radius 1 is 1.18 bits per heavy atom. The van der Waals surface area contributed by atoms with E-state index in [-0.39, 0.29) is 0 Å². The third kappa shape index (κ3) is 3.53. The molecule has 17 heavy (non-hydrogen) atoms. The second-order valence-electron chi connectivity index (χ2n) is 4.62. The molecule has 0 saturated carbocycles. The van der Waals surface area contributed by atoms with Gasteiger partial charge in [0.15, 0.2) is 0 Å². The van der Waals surface area contributed by atoms with Gasteiger partial charge in [-0.3, -0.25) is 0 Å². The molecule has 1 unspecified atom stereocenters. The molecular formula is C13H22IN3. The van der Waals surface area contributed by atoms with E-state index >= 15 is 0 Å². The van der Waals surface area contributed by atoms with Crippen LogP contribution in [0.1, 0.15) is 64.4 Å². The zero-order chi connectivity index (χ0) is 13.0. The molecule has 96 valence electrons. The summed E-state index contributed by atoms with van der Waals surface area (Å²) in [7, 11) is 0. The highest BCUT2D eigenvalue weighted by atomic mass is 127. The summed E-state index contributed by atoms with van der Waals surface area (Å²) in [4.78, 5) is 9.37. The van der Waals surface area contributed by atoms with Crippen molar-refractivity contribution in [3.63, 3.8) is 0 Å². The van der Waals surface area contributed by atoms with E-state index in [2.05, 4.69) is 67.5 Å². The molecule has 4 heteroatoms. The molecule has 0 amide bonds. The number of aromatic nitrogens is 2. The van der Waals surface area contributed by atoms with Crippen LogP contribution in [0.2, 0.25) is 0 Å². The second kappa shape index (κ2) is 6.52. The molecule has 1 aromatic rings. The van der Waals surface area contributed by atoms with E-state index in [1.165, 1.54) is 0 Å². The monoisotopic (exact) mass is 347 g/mol. The first-order valence-electron chi connectivity index (χ1n) is 6.32. The number of hydrogen-bond donors (Lipinski definition) is 1. The van der Waals surface area contributed by atoms with Crippen molar-refractivity contribution < 1.29 is 0 Å². The minimum Gasteiger partial charge on any atom is -0.369 e. The number of anilines is 1. The Morgan fingerprint density at radius 2 is 1.82 bits per heavy atom. The quantitative estimate of drug-likeness (QED) is 0.813. The van der Waals surface area contributed by atoms with Gasteiger partial charge in [-0.25, -0.2) is 9.97 Å². The van der Waals surface area contributed by atoms with E-state index in [1.54, 1.807) is 0 Å². The predicted octanol–water partition coefficient (Wildman–Crippen LogP) is 4.15. The zero-order valence-corrected chi connectivity index (χ0v) is 13.5.